The van der Waals surface area contributed by atoms with E-state index in [1.54, 1.807) is 6.92 Å². The van der Waals surface area contributed by atoms with Gasteiger partial charge >= 0.3 is 5.97 Å². The normalized spacial score (nSPS) is 26.6. The third-order valence-electron chi connectivity index (χ3n) is 2.76. The number of carbonyl (C=O) groups is 1. The Morgan fingerprint density at radius 3 is 2.86 bits per heavy atom. The van der Waals surface area contributed by atoms with E-state index in [9.17, 15) is 9.90 Å². The number of rotatable bonds is 3. The molecule has 0 spiro atoms. The first-order valence-corrected chi connectivity index (χ1v) is 5.00. The molecule has 0 aromatic carbocycles. The third-order valence-corrected chi connectivity index (χ3v) is 2.76. The van der Waals surface area contributed by atoms with E-state index >= 15 is 0 Å². The van der Waals surface area contributed by atoms with Crippen molar-refractivity contribution in [1.82, 2.24) is 0 Å². The molecule has 3 atom stereocenters. The van der Waals surface area contributed by atoms with Gasteiger partial charge in [-0.25, -0.2) is 0 Å². The van der Waals surface area contributed by atoms with E-state index in [-0.39, 0.29) is 11.9 Å². The second-order valence-electron chi connectivity index (χ2n) is 3.78. The molecule has 0 aromatic rings. The van der Waals surface area contributed by atoms with Crippen LogP contribution in [0.5, 0.6) is 0 Å². The quantitative estimate of drug-likeness (QED) is 0.680. The molecular weight excluding hydrogens is 184 g/mol. The summed E-state index contributed by atoms with van der Waals surface area (Å²) in [6.45, 7) is 2.99. The van der Waals surface area contributed by atoms with Crippen molar-refractivity contribution in [3.8, 4) is 0 Å². The van der Waals surface area contributed by atoms with Crippen LogP contribution in [0.2, 0.25) is 0 Å². The molecule has 0 aliphatic carbocycles. The van der Waals surface area contributed by atoms with Gasteiger partial charge in [-0.05, 0) is 19.8 Å². The van der Waals surface area contributed by atoms with Crippen LogP contribution in [0, 0.1) is 11.8 Å². The molecule has 1 aliphatic rings. The molecule has 14 heavy (non-hydrogen) atoms. The maximum absolute atomic E-state index is 11.2. The van der Waals surface area contributed by atoms with Crippen molar-refractivity contribution >= 4 is 5.97 Å². The summed E-state index contributed by atoms with van der Waals surface area (Å²) in [5.74, 6) is -0.757. The smallest absolute Gasteiger partial charge is 0.311 e. The Morgan fingerprint density at radius 1 is 1.64 bits per heavy atom. The number of esters is 1. The maximum atomic E-state index is 11.2. The van der Waals surface area contributed by atoms with Crippen molar-refractivity contribution < 1.29 is 19.4 Å². The highest BCUT2D eigenvalue weighted by atomic mass is 16.5. The molecule has 0 bridgehead atoms. The van der Waals surface area contributed by atoms with Crippen molar-refractivity contribution in [2.24, 2.45) is 11.8 Å². The average Bonchev–Trinajstić information content (AvgIpc) is 2.27. The van der Waals surface area contributed by atoms with Crippen LogP contribution in [-0.2, 0) is 14.3 Å². The lowest BCUT2D eigenvalue weighted by Crippen LogP contribution is -2.37. The first kappa shape index (κ1) is 11.5. The predicted molar refractivity (Wildman–Crippen MR) is 50.7 cm³/mol. The van der Waals surface area contributed by atoms with E-state index in [0.717, 1.165) is 19.4 Å². The zero-order valence-electron chi connectivity index (χ0n) is 8.73. The number of hydrogen-bond donors (Lipinski definition) is 1. The van der Waals surface area contributed by atoms with E-state index in [1.807, 2.05) is 0 Å². The van der Waals surface area contributed by atoms with Crippen molar-refractivity contribution in [3.05, 3.63) is 0 Å². The molecular formula is C10H18O4. The Hall–Kier alpha value is -0.610. The molecule has 1 fully saturated rings. The first-order chi connectivity index (χ1) is 6.66. The van der Waals surface area contributed by atoms with E-state index in [4.69, 9.17) is 4.74 Å². The van der Waals surface area contributed by atoms with Gasteiger partial charge in [0.05, 0.1) is 25.7 Å². The molecule has 1 aliphatic heterocycles. The molecule has 1 rings (SSSR count). The fourth-order valence-corrected chi connectivity index (χ4v) is 1.77. The van der Waals surface area contributed by atoms with E-state index < -0.39 is 12.0 Å². The van der Waals surface area contributed by atoms with Crippen LogP contribution in [0.25, 0.3) is 0 Å². The Kier molecular flexibility index (Phi) is 4.35. The van der Waals surface area contributed by atoms with Crippen LogP contribution in [-0.4, -0.2) is 37.5 Å². The van der Waals surface area contributed by atoms with Gasteiger partial charge in [-0.1, -0.05) is 0 Å². The molecule has 82 valence electrons. The zero-order chi connectivity index (χ0) is 10.6. The van der Waals surface area contributed by atoms with Gasteiger partial charge in [0.2, 0.25) is 0 Å². The number of hydrogen-bond acceptors (Lipinski definition) is 4. The van der Waals surface area contributed by atoms with Crippen LogP contribution in [0.3, 0.4) is 0 Å². The summed E-state index contributed by atoms with van der Waals surface area (Å²) in [5, 5.41) is 9.86. The highest BCUT2D eigenvalue weighted by Crippen LogP contribution is 2.22. The van der Waals surface area contributed by atoms with Gasteiger partial charge in [-0.2, -0.15) is 0 Å². The minimum Gasteiger partial charge on any atom is -0.469 e. The standard InChI is InChI=1S/C10H18O4/c1-7(10(12)13-2)9(11)8-4-3-5-14-6-8/h7-9,11H,3-6H2,1-2H3. The van der Waals surface area contributed by atoms with Gasteiger partial charge in [0.25, 0.3) is 0 Å². The largest absolute Gasteiger partial charge is 0.469 e. The van der Waals surface area contributed by atoms with E-state index in [2.05, 4.69) is 4.74 Å². The molecule has 0 radical (unpaired) electrons. The lowest BCUT2D eigenvalue weighted by Gasteiger charge is -2.29. The highest BCUT2D eigenvalue weighted by molar-refractivity contribution is 5.72. The summed E-state index contributed by atoms with van der Waals surface area (Å²) in [4.78, 5) is 11.2. The van der Waals surface area contributed by atoms with Crippen LogP contribution >= 0.6 is 0 Å². The first-order valence-electron chi connectivity index (χ1n) is 5.00. The molecule has 1 N–H and O–H groups in total. The molecule has 0 amide bonds. The second-order valence-corrected chi connectivity index (χ2v) is 3.78. The highest BCUT2D eigenvalue weighted by Gasteiger charge is 2.31. The van der Waals surface area contributed by atoms with Crippen LogP contribution < -0.4 is 0 Å². The summed E-state index contributed by atoms with van der Waals surface area (Å²) >= 11 is 0. The van der Waals surface area contributed by atoms with Crippen LogP contribution in [0.15, 0.2) is 0 Å². The topological polar surface area (TPSA) is 55.8 Å². The molecule has 4 nitrogen and oxygen atoms in total. The molecule has 1 heterocycles. The van der Waals surface area contributed by atoms with Gasteiger partial charge in [0.1, 0.15) is 0 Å². The second kappa shape index (κ2) is 5.32. The summed E-state index contributed by atoms with van der Waals surface area (Å²) in [5.41, 5.74) is 0. The summed E-state index contributed by atoms with van der Waals surface area (Å²) in [6, 6.07) is 0. The Morgan fingerprint density at radius 2 is 2.36 bits per heavy atom. The van der Waals surface area contributed by atoms with Crippen LogP contribution in [0.1, 0.15) is 19.8 Å². The molecule has 0 saturated carbocycles. The van der Waals surface area contributed by atoms with Crippen molar-refractivity contribution in [1.29, 1.82) is 0 Å². The maximum Gasteiger partial charge on any atom is 0.311 e. The molecule has 4 heteroatoms. The van der Waals surface area contributed by atoms with Crippen LogP contribution in [0.4, 0.5) is 0 Å². The minimum absolute atomic E-state index is 0.0675. The predicted octanol–water partition coefficient (Wildman–Crippen LogP) is 0.583. The minimum atomic E-state index is -0.650. The Bertz CT molecular complexity index is 187. The van der Waals surface area contributed by atoms with Crippen molar-refractivity contribution in [2.45, 2.75) is 25.9 Å². The van der Waals surface area contributed by atoms with E-state index in [0.29, 0.717) is 6.61 Å². The Balaban J connectivity index is 2.45. The van der Waals surface area contributed by atoms with Crippen molar-refractivity contribution in [3.63, 3.8) is 0 Å². The lowest BCUT2D eigenvalue weighted by atomic mass is 9.88. The monoisotopic (exact) mass is 202 g/mol. The summed E-state index contributed by atoms with van der Waals surface area (Å²) in [6.07, 6.45) is 1.22. The van der Waals surface area contributed by atoms with Gasteiger partial charge in [-0.3, -0.25) is 4.79 Å². The summed E-state index contributed by atoms with van der Waals surface area (Å²) < 4.78 is 9.84. The molecule has 0 aromatic heterocycles. The third kappa shape index (κ3) is 2.69. The molecule has 3 unspecified atom stereocenters. The Labute approximate surface area is 84.2 Å². The average molecular weight is 202 g/mol. The fraction of sp³-hybridized carbons (Fsp3) is 0.900. The van der Waals surface area contributed by atoms with Gasteiger partial charge in [0.15, 0.2) is 0 Å². The van der Waals surface area contributed by atoms with E-state index in [1.165, 1.54) is 7.11 Å². The number of ether oxygens (including phenoxy) is 2. The number of methoxy groups -OCH3 is 1. The van der Waals surface area contributed by atoms with Gasteiger partial charge in [-0.15, -0.1) is 0 Å². The number of aliphatic hydroxyl groups is 1. The fourth-order valence-electron chi connectivity index (χ4n) is 1.77. The summed E-state index contributed by atoms with van der Waals surface area (Å²) in [7, 11) is 1.34. The zero-order valence-corrected chi connectivity index (χ0v) is 8.73. The van der Waals surface area contributed by atoms with Gasteiger partial charge in [0, 0.05) is 12.5 Å². The number of carbonyl (C=O) groups excluding carboxylic acids is 1. The number of aliphatic hydroxyl groups excluding tert-OH is 1. The van der Waals surface area contributed by atoms with Crippen molar-refractivity contribution in [2.75, 3.05) is 20.3 Å². The molecule has 1 saturated heterocycles. The van der Waals surface area contributed by atoms with Gasteiger partial charge < -0.3 is 14.6 Å². The SMILES string of the molecule is COC(=O)C(C)C(O)C1CCCOC1. The lowest BCUT2D eigenvalue weighted by molar-refractivity contribution is -0.151.